The average molecular weight is 173 g/mol. The Kier molecular flexibility index (Phi) is 2.59. The molecule has 0 aliphatic carbocycles. The van der Waals surface area contributed by atoms with Crippen molar-refractivity contribution in [2.24, 2.45) is 0 Å². The molecule has 12 heavy (non-hydrogen) atoms. The van der Waals surface area contributed by atoms with E-state index in [4.69, 9.17) is 15.1 Å². The maximum Gasteiger partial charge on any atom is 0.362 e. The van der Waals surface area contributed by atoms with Crippen LogP contribution in [-0.4, -0.2) is 31.9 Å². The van der Waals surface area contributed by atoms with E-state index in [0.717, 1.165) is 0 Å². The van der Waals surface area contributed by atoms with Crippen molar-refractivity contribution in [2.75, 3.05) is 6.61 Å². The van der Waals surface area contributed by atoms with Crippen LogP contribution in [0.4, 0.5) is 0 Å². The van der Waals surface area contributed by atoms with Gasteiger partial charge in [-0.2, -0.15) is 5.26 Å². The summed E-state index contributed by atoms with van der Waals surface area (Å²) in [4.78, 5) is 13.8. The predicted molar refractivity (Wildman–Crippen MR) is 35.9 cm³/mol. The zero-order chi connectivity index (χ0) is 8.97. The van der Waals surface area contributed by atoms with E-state index in [1.54, 1.807) is 6.92 Å². The lowest BCUT2D eigenvalue weighted by Crippen LogP contribution is -2.01. The highest BCUT2D eigenvalue weighted by molar-refractivity contribution is 5.06. The van der Waals surface area contributed by atoms with Gasteiger partial charge in [0.2, 0.25) is 0 Å². The Morgan fingerprint density at radius 3 is 2.50 bits per heavy atom. The Labute approximate surface area is 67.6 Å². The van der Waals surface area contributed by atoms with E-state index in [0.29, 0.717) is 6.61 Å². The molecule has 0 spiro atoms. The molecular weight excluding hydrogens is 166 g/mol. The summed E-state index contributed by atoms with van der Waals surface area (Å²) in [5, 5.41) is 17.0. The number of aromatic nitrogens is 3. The normalized spacial score (nSPS) is 9.50. The Balaban J connectivity index is 2.90. The number of rotatable bonds is 3. The molecule has 7 nitrogen and oxygen atoms in total. The first-order chi connectivity index (χ1) is 5.76. The molecule has 0 fully saturated rings. The summed E-state index contributed by atoms with van der Waals surface area (Å²) in [5.74, 6) is 0. The Morgan fingerprint density at radius 1 is 1.25 bits per heavy atom. The number of hydrogen-bond acceptors (Lipinski definition) is 7. The van der Waals surface area contributed by atoms with Crippen LogP contribution in [0.1, 0.15) is 6.92 Å². The fourth-order valence-corrected chi connectivity index (χ4v) is 0.562. The van der Waals surface area contributed by atoms with Crippen LogP contribution in [0.3, 0.4) is 0 Å². The van der Waals surface area contributed by atoms with Crippen molar-refractivity contribution in [3.63, 3.8) is 0 Å². The van der Waals surface area contributed by atoms with Crippen molar-refractivity contribution < 1.29 is 20.0 Å². The van der Waals surface area contributed by atoms with Gasteiger partial charge in [-0.1, -0.05) is 0 Å². The van der Waals surface area contributed by atoms with Crippen LogP contribution in [-0.2, 0) is 0 Å². The van der Waals surface area contributed by atoms with Gasteiger partial charge < -0.3 is 9.84 Å². The third-order valence-electron chi connectivity index (χ3n) is 0.938. The maximum atomic E-state index is 8.82. The molecule has 0 aliphatic rings. The molecule has 1 heterocycles. The molecule has 1 aromatic heterocycles. The molecule has 0 atom stereocenters. The van der Waals surface area contributed by atoms with Crippen LogP contribution in [0, 0.1) is 0 Å². The maximum absolute atomic E-state index is 8.82. The van der Waals surface area contributed by atoms with E-state index in [1.807, 2.05) is 0 Å². The molecule has 1 rings (SSSR count). The van der Waals surface area contributed by atoms with Crippen LogP contribution in [0.25, 0.3) is 0 Å². The summed E-state index contributed by atoms with van der Waals surface area (Å²) in [6.07, 6.45) is 0. The molecule has 0 unspecified atom stereocenters. The highest BCUT2D eigenvalue weighted by Crippen LogP contribution is 2.11. The van der Waals surface area contributed by atoms with Gasteiger partial charge in [-0.3, -0.25) is 4.89 Å². The number of ether oxygens (including phenoxy) is 1. The van der Waals surface area contributed by atoms with Crippen LogP contribution in [0.2, 0.25) is 0 Å². The van der Waals surface area contributed by atoms with Crippen LogP contribution >= 0.6 is 0 Å². The first-order valence-electron chi connectivity index (χ1n) is 3.15. The Hall–Kier alpha value is -1.63. The predicted octanol–water partition coefficient (Wildman–Crippen LogP) is -0.172. The lowest BCUT2D eigenvalue weighted by atomic mass is 10.8. The molecule has 66 valence electrons. The first kappa shape index (κ1) is 8.47. The third kappa shape index (κ3) is 1.92. The fourth-order valence-electron chi connectivity index (χ4n) is 0.562. The third-order valence-corrected chi connectivity index (χ3v) is 0.938. The Morgan fingerprint density at radius 2 is 1.92 bits per heavy atom. The fraction of sp³-hybridized carbons (Fsp3) is 0.400. The molecule has 7 heteroatoms. The number of aromatic hydroxyl groups is 1. The highest BCUT2D eigenvalue weighted by Gasteiger charge is 2.06. The van der Waals surface area contributed by atoms with Gasteiger partial charge in [0.1, 0.15) is 0 Å². The van der Waals surface area contributed by atoms with Gasteiger partial charge in [0.05, 0.1) is 6.61 Å². The van der Waals surface area contributed by atoms with Crippen LogP contribution < -0.4 is 9.62 Å². The minimum Gasteiger partial charge on any atom is -0.479 e. The van der Waals surface area contributed by atoms with E-state index in [9.17, 15) is 0 Å². The summed E-state index contributed by atoms with van der Waals surface area (Å²) in [6.45, 7) is 2.06. The molecule has 0 aromatic carbocycles. The highest BCUT2D eigenvalue weighted by atomic mass is 17.1. The van der Waals surface area contributed by atoms with E-state index in [1.165, 1.54) is 0 Å². The van der Waals surface area contributed by atoms with Crippen LogP contribution in [0.5, 0.6) is 18.0 Å². The van der Waals surface area contributed by atoms with Gasteiger partial charge in [0, 0.05) is 0 Å². The molecule has 0 amide bonds. The van der Waals surface area contributed by atoms with Crippen molar-refractivity contribution in [3.8, 4) is 18.0 Å². The second kappa shape index (κ2) is 3.67. The molecule has 0 saturated carbocycles. The van der Waals surface area contributed by atoms with Gasteiger partial charge in [0.15, 0.2) is 0 Å². The summed E-state index contributed by atoms with van der Waals surface area (Å²) < 4.78 is 4.82. The summed E-state index contributed by atoms with van der Waals surface area (Å²) in [7, 11) is 0. The summed E-state index contributed by atoms with van der Waals surface area (Å²) >= 11 is 0. The van der Waals surface area contributed by atoms with Crippen molar-refractivity contribution >= 4 is 0 Å². The van der Waals surface area contributed by atoms with E-state index in [2.05, 4.69) is 19.8 Å². The number of hydrogen-bond donors (Lipinski definition) is 2. The minimum absolute atomic E-state index is 0.103. The molecule has 2 N–H and O–H groups in total. The lowest BCUT2D eigenvalue weighted by Gasteiger charge is -2.00. The van der Waals surface area contributed by atoms with Crippen molar-refractivity contribution in [1.82, 2.24) is 15.0 Å². The quantitative estimate of drug-likeness (QED) is 0.483. The molecule has 0 radical (unpaired) electrons. The average Bonchev–Trinajstić information content (AvgIpc) is 2.04. The topological polar surface area (TPSA) is 97.6 Å². The smallest absolute Gasteiger partial charge is 0.362 e. The minimum atomic E-state index is -0.572. The largest absolute Gasteiger partial charge is 0.479 e. The zero-order valence-electron chi connectivity index (χ0n) is 6.26. The van der Waals surface area contributed by atoms with E-state index < -0.39 is 12.0 Å². The molecule has 0 bridgehead atoms. The first-order valence-corrected chi connectivity index (χ1v) is 3.15. The molecular formula is C5H7N3O4. The monoisotopic (exact) mass is 173 g/mol. The lowest BCUT2D eigenvalue weighted by molar-refractivity contribution is -0.146. The second-order valence-electron chi connectivity index (χ2n) is 1.72. The van der Waals surface area contributed by atoms with Crippen molar-refractivity contribution in [1.29, 1.82) is 0 Å². The van der Waals surface area contributed by atoms with Gasteiger partial charge in [-0.25, -0.2) is 0 Å². The van der Waals surface area contributed by atoms with Gasteiger partial charge in [-0.05, 0) is 6.92 Å². The van der Waals surface area contributed by atoms with E-state index in [-0.39, 0.29) is 6.01 Å². The molecule has 1 aromatic rings. The SMILES string of the molecule is CCOc1nc(O)nc(OO)n1. The molecule has 0 aliphatic heterocycles. The van der Waals surface area contributed by atoms with Crippen molar-refractivity contribution in [3.05, 3.63) is 0 Å². The van der Waals surface area contributed by atoms with Gasteiger partial charge in [-0.15, -0.1) is 15.0 Å². The molecule has 0 saturated heterocycles. The standard InChI is InChI=1S/C5H7N3O4/c1-2-11-4-6-3(9)7-5(8-4)12-10/h10H,2H2,1H3,(H,6,7,8,9). The summed E-state index contributed by atoms with van der Waals surface area (Å²) in [5.41, 5.74) is 0. The zero-order valence-corrected chi connectivity index (χ0v) is 6.26. The summed E-state index contributed by atoms with van der Waals surface area (Å²) in [6, 6.07) is -1.09. The van der Waals surface area contributed by atoms with Gasteiger partial charge >= 0.3 is 18.0 Å². The number of nitrogens with zero attached hydrogens (tertiary/aromatic N) is 3. The van der Waals surface area contributed by atoms with Crippen LogP contribution in [0.15, 0.2) is 0 Å². The van der Waals surface area contributed by atoms with E-state index >= 15 is 0 Å². The Bertz CT molecular complexity index is 267. The van der Waals surface area contributed by atoms with Gasteiger partial charge in [0.25, 0.3) is 0 Å². The second-order valence-corrected chi connectivity index (χ2v) is 1.72. The van der Waals surface area contributed by atoms with Crippen molar-refractivity contribution in [2.45, 2.75) is 6.92 Å².